The molecule has 0 aliphatic rings. The van der Waals surface area contributed by atoms with Crippen LogP contribution in [0.1, 0.15) is 16.2 Å². The summed E-state index contributed by atoms with van der Waals surface area (Å²) in [4.78, 5) is 11.5. The third-order valence-electron chi connectivity index (χ3n) is 3.97. The van der Waals surface area contributed by atoms with Gasteiger partial charge in [-0.3, -0.25) is 4.79 Å². The van der Waals surface area contributed by atoms with E-state index < -0.39 is 0 Å². The monoisotopic (exact) mass is 364 g/mol. The quantitative estimate of drug-likeness (QED) is 0.469. The standard InChI is InChI=1S/C20H13ClN2O3/c21-17-8-4-3-7-15(17)20-23-22-19(26-20)12-25-18-10-9-13-5-1-2-6-14(13)16(18)11-24/h1-11H,12H2. The number of halogens is 1. The zero-order chi connectivity index (χ0) is 17.9. The fourth-order valence-electron chi connectivity index (χ4n) is 2.72. The molecule has 1 aromatic heterocycles. The van der Waals surface area contributed by atoms with Gasteiger partial charge in [0.1, 0.15) is 5.75 Å². The van der Waals surface area contributed by atoms with Crippen molar-refractivity contribution >= 4 is 28.7 Å². The number of carbonyl (C=O) groups is 1. The van der Waals surface area contributed by atoms with E-state index in [1.807, 2.05) is 42.5 Å². The predicted octanol–water partition coefficient (Wildman–Crippen LogP) is 4.93. The summed E-state index contributed by atoms with van der Waals surface area (Å²) in [5, 5.41) is 10.3. The number of carbonyl (C=O) groups excluding carboxylic acids is 1. The van der Waals surface area contributed by atoms with E-state index in [9.17, 15) is 4.79 Å². The van der Waals surface area contributed by atoms with E-state index in [0.29, 0.717) is 33.7 Å². The molecule has 0 bridgehead atoms. The van der Waals surface area contributed by atoms with E-state index in [2.05, 4.69) is 10.2 Å². The molecule has 0 fully saturated rings. The van der Waals surface area contributed by atoms with Gasteiger partial charge >= 0.3 is 0 Å². The van der Waals surface area contributed by atoms with Crippen molar-refractivity contribution in [1.29, 1.82) is 0 Å². The number of aromatic nitrogens is 2. The molecule has 5 nitrogen and oxygen atoms in total. The molecule has 4 aromatic rings. The molecule has 0 saturated heterocycles. The van der Waals surface area contributed by atoms with E-state index in [1.54, 1.807) is 18.2 Å². The van der Waals surface area contributed by atoms with Gasteiger partial charge < -0.3 is 9.15 Å². The number of nitrogens with zero attached hydrogens (tertiary/aromatic N) is 2. The molecule has 6 heteroatoms. The highest BCUT2D eigenvalue weighted by Gasteiger charge is 2.13. The molecule has 0 saturated carbocycles. The van der Waals surface area contributed by atoms with Crippen LogP contribution in [0.25, 0.3) is 22.2 Å². The lowest BCUT2D eigenvalue weighted by Gasteiger charge is -2.09. The first-order valence-electron chi connectivity index (χ1n) is 7.93. The molecule has 0 atom stereocenters. The van der Waals surface area contributed by atoms with Crippen molar-refractivity contribution < 1.29 is 13.9 Å². The average Bonchev–Trinajstić information content (AvgIpc) is 3.15. The van der Waals surface area contributed by atoms with Crippen molar-refractivity contribution in [2.24, 2.45) is 0 Å². The van der Waals surface area contributed by atoms with Gasteiger partial charge in [0.05, 0.1) is 16.1 Å². The van der Waals surface area contributed by atoms with Crippen LogP contribution in [0.5, 0.6) is 5.75 Å². The molecule has 0 aliphatic heterocycles. The van der Waals surface area contributed by atoms with Crippen LogP contribution < -0.4 is 4.74 Å². The van der Waals surface area contributed by atoms with Crippen LogP contribution in [0.4, 0.5) is 0 Å². The molecular formula is C20H13ClN2O3. The summed E-state index contributed by atoms with van der Waals surface area (Å²) in [6.45, 7) is 0.0522. The highest BCUT2D eigenvalue weighted by atomic mass is 35.5. The maximum Gasteiger partial charge on any atom is 0.254 e. The number of hydrogen-bond acceptors (Lipinski definition) is 5. The van der Waals surface area contributed by atoms with Gasteiger partial charge in [-0.2, -0.15) is 0 Å². The SMILES string of the molecule is O=Cc1c(OCc2nnc(-c3ccccc3Cl)o2)ccc2ccccc12. The lowest BCUT2D eigenvalue weighted by Crippen LogP contribution is -1.99. The highest BCUT2D eigenvalue weighted by Crippen LogP contribution is 2.28. The zero-order valence-corrected chi connectivity index (χ0v) is 14.3. The van der Waals surface area contributed by atoms with Crippen molar-refractivity contribution in [1.82, 2.24) is 10.2 Å². The van der Waals surface area contributed by atoms with Gasteiger partial charge in [0.25, 0.3) is 5.89 Å². The Morgan fingerprint density at radius 2 is 1.81 bits per heavy atom. The minimum atomic E-state index is 0.0522. The Morgan fingerprint density at radius 3 is 2.65 bits per heavy atom. The summed E-state index contributed by atoms with van der Waals surface area (Å²) in [7, 11) is 0. The number of fused-ring (bicyclic) bond motifs is 1. The first-order valence-corrected chi connectivity index (χ1v) is 8.31. The summed E-state index contributed by atoms with van der Waals surface area (Å²) >= 11 is 6.14. The smallest absolute Gasteiger partial charge is 0.254 e. The number of ether oxygens (including phenoxy) is 1. The second-order valence-electron chi connectivity index (χ2n) is 5.59. The number of benzene rings is 3. The molecule has 26 heavy (non-hydrogen) atoms. The van der Waals surface area contributed by atoms with Crippen molar-refractivity contribution in [2.45, 2.75) is 6.61 Å². The van der Waals surface area contributed by atoms with Crippen molar-refractivity contribution in [2.75, 3.05) is 0 Å². The molecule has 0 radical (unpaired) electrons. The van der Waals surface area contributed by atoms with Crippen molar-refractivity contribution in [3.8, 4) is 17.2 Å². The molecule has 0 unspecified atom stereocenters. The van der Waals surface area contributed by atoms with Gasteiger partial charge in [0.15, 0.2) is 12.9 Å². The second kappa shape index (κ2) is 6.98. The molecule has 0 N–H and O–H groups in total. The van der Waals surface area contributed by atoms with Gasteiger partial charge in [-0.15, -0.1) is 10.2 Å². The third-order valence-corrected chi connectivity index (χ3v) is 4.30. The number of hydrogen-bond donors (Lipinski definition) is 0. The zero-order valence-electron chi connectivity index (χ0n) is 13.6. The van der Waals surface area contributed by atoms with E-state index in [0.717, 1.165) is 17.1 Å². The van der Waals surface area contributed by atoms with E-state index >= 15 is 0 Å². The summed E-state index contributed by atoms with van der Waals surface area (Å²) in [6.07, 6.45) is 0.792. The molecular weight excluding hydrogens is 352 g/mol. The fraction of sp³-hybridized carbons (Fsp3) is 0.0500. The van der Waals surface area contributed by atoms with Crippen LogP contribution in [-0.4, -0.2) is 16.5 Å². The van der Waals surface area contributed by atoms with Gasteiger partial charge in [0, 0.05) is 0 Å². The molecule has 3 aromatic carbocycles. The number of rotatable bonds is 5. The van der Waals surface area contributed by atoms with E-state index in [4.69, 9.17) is 20.8 Å². The Balaban J connectivity index is 1.58. The average molecular weight is 365 g/mol. The Bertz CT molecular complexity index is 1090. The fourth-order valence-corrected chi connectivity index (χ4v) is 2.93. The van der Waals surface area contributed by atoms with Crippen molar-refractivity contribution in [3.05, 3.63) is 77.1 Å². The predicted molar refractivity (Wildman–Crippen MR) is 98.4 cm³/mol. The Labute approximate surface area is 154 Å². The maximum atomic E-state index is 11.5. The number of aldehydes is 1. The van der Waals surface area contributed by atoms with Crippen LogP contribution in [0, 0.1) is 0 Å². The van der Waals surface area contributed by atoms with Crippen LogP contribution in [-0.2, 0) is 6.61 Å². The van der Waals surface area contributed by atoms with E-state index in [-0.39, 0.29) is 6.61 Å². The normalized spacial score (nSPS) is 10.8. The summed E-state index contributed by atoms with van der Waals surface area (Å²) in [5.74, 6) is 1.09. The highest BCUT2D eigenvalue weighted by molar-refractivity contribution is 6.33. The van der Waals surface area contributed by atoms with Crippen molar-refractivity contribution in [3.63, 3.8) is 0 Å². The minimum absolute atomic E-state index is 0.0522. The van der Waals surface area contributed by atoms with Crippen LogP contribution >= 0.6 is 11.6 Å². The Morgan fingerprint density at radius 1 is 1.00 bits per heavy atom. The summed E-state index contributed by atoms with van der Waals surface area (Å²) in [6, 6.07) is 18.5. The summed E-state index contributed by atoms with van der Waals surface area (Å²) in [5.41, 5.74) is 1.15. The maximum absolute atomic E-state index is 11.5. The third kappa shape index (κ3) is 3.05. The van der Waals surface area contributed by atoms with Gasteiger partial charge in [-0.05, 0) is 29.0 Å². The first-order chi connectivity index (χ1) is 12.8. The van der Waals surface area contributed by atoms with Gasteiger partial charge in [-0.25, -0.2) is 0 Å². The molecule has 0 amide bonds. The molecule has 0 spiro atoms. The molecule has 4 rings (SSSR count). The molecule has 128 valence electrons. The lowest BCUT2D eigenvalue weighted by molar-refractivity contribution is 0.112. The molecule has 0 aliphatic carbocycles. The summed E-state index contributed by atoms with van der Waals surface area (Å²) < 4.78 is 11.4. The van der Waals surface area contributed by atoms with Gasteiger partial charge in [0.2, 0.25) is 5.89 Å². The van der Waals surface area contributed by atoms with Crippen LogP contribution in [0.3, 0.4) is 0 Å². The second-order valence-corrected chi connectivity index (χ2v) is 5.99. The topological polar surface area (TPSA) is 65.2 Å². The van der Waals surface area contributed by atoms with Crippen LogP contribution in [0.2, 0.25) is 5.02 Å². The minimum Gasteiger partial charge on any atom is -0.483 e. The van der Waals surface area contributed by atoms with E-state index in [1.165, 1.54) is 0 Å². The Hall–Kier alpha value is -3.18. The lowest BCUT2D eigenvalue weighted by atomic mass is 10.0. The Kier molecular flexibility index (Phi) is 4.37. The molecule has 1 heterocycles. The largest absolute Gasteiger partial charge is 0.483 e. The van der Waals surface area contributed by atoms with Crippen LogP contribution in [0.15, 0.2) is 65.1 Å². The van der Waals surface area contributed by atoms with Gasteiger partial charge in [-0.1, -0.05) is 54.1 Å². The first kappa shape index (κ1) is 16.3.